The van der Waals surface area contributed by atoms with Crippen LogP contribution in [0.3, 0.4) is 0 Å². The van der Waals surface area contributed by atoms with Gasteiger partial charge in [0.15, 0.2) is 18.1 Å². The van der Waals surface area contributed by atoms with E-state index in [2.05, 4.69) is 28.9 Å². The van der Waals surface area contributed by atoms with E-state index in [1.165, 1.54) is 5.56 Å². The standard InChI is InChI=1S/C29H36N2O4/c1-20(32)30-22(17-21-11-5-4-6-12-21)23-18-29(2)26(30)15-9-10-16-27(29)31(23)28(33)19-35-25-14-8-7-13-24(25)34-3/h4-8,11-14,22-23,26-27H,9-10,15-19H2,1-3H3/t22-,23-,26+,27-,29+/m0/s1. The van der Waals surface area contributed by atoms with Crippen molar-refractivity contribution in [2.75, 3.05) is 13.7 Å². The lowest BCUT2D eigenvalue weighted by atomic mass is 9.69. The van der Waals surface area contributed by atoms with Crippen LogP contribution in [0.15, 0.2) is 54.6 Å². The lowest BCUT2D eigenvalue weighted by Crippen LogP contribution is -2.61. The molecule has 2 amide bonds. The molecular weight excluding hydrogens is 440 g/mol. The molecule has 2 aliphatic heterocycles. The molecule has 2 heterocycles. The maximum Gasteiger partial charge on any atom is 0.261 e. The zero-order chi connectivity index (χ0) is 24.6. The van der Waals surface area contributed by atoms with Crippen LogP contribution in [0, 0.1) is 5.41 Å². The number of amides is 2. The Morgan fingerprint density at radius 2 is 1.57 bits per heavy atom. The topological polar surface area (TPSA) is 59.1 Å². The van der Waals surface area contributed by atoms with Crippen LogP contribution in [0.1, 0.15) is 51.5 Å². The van der Waals surface area contributed by atoms with E-state index in [0.29, 0.717) is 11.5 Å². The number of rotatable bonds is 6. The van der Waals surface area contributed by atoms with Gasteiger partial charge in [0.25, 0.3) is 5.91 Å². The molecule has 2 bridgehead atoms. The Bertz CT molecular complexity index is 1070. The average Bonchev–Trinajstić information content (AvgIpc) is 3.01. The van der Waals surface area contributed by atoms with Crippen molar-refractivity contribution in [3.63, 3.8) is 0 Å². The quantitative estimate of drug-likeness (QED) is 0.618. The second-order valence-corrected chi connectivity index (χ2v) is 10.5. The van der Waals surface area contributed by atoms with Gasteiger partial charge in [-0.15, -0.1) is 0 Å². The number of carbonyl (C=O) groups excluding carboxylic acids is 2. The summed E-state index contributed by atoms with van der Waals surface area (Å²) in [6.45, 7) is 3.97. The Labute approximate surface area is 208 Å². The van der Waals surface area contributed by atoms with E-state index in [9.17, 15) is 9.59 Å². The molecule has 0 aromatic heterocycles. The van der Waals surface area contributed by atoms with E-state index in [4.69, 9.17) is 9.47 Å². The molecule has 0 spiro atoms. The molecule has 6 heteroatoms. The van der Waals surface area contributed by atoms with Crippen LogP contribution in [0.4, 0.5) is 0 Å². The fourth-order valence-electron chi connectivity index (χ4n) is 7.11. The largest absolute Gasteiger partial charge is 0.493 e. The summed E-state index contributed by atoms with van der Waals surface area (Å²) >= 11 is 0. The van der Waals surface area contributed by atoms with Crippen LogP contribution >= 0.6 is 0 Å². The Morgan fingerprint density at radius 3 is 2.23 bits per heavy atom. The van der Waals surface area contributed by atoms with E-state index in [-0.39, 0.29) is 48.0 Å². The number of carbonyl (C=O) groups is 2. The molecule has 2 saturated heterocycles. The zero-order valence-corrected chi connectivity index (χ0v) is 21.0. The molecule has 5 rings (SSSR count). The van der Waals surface area contributed by atoms with Crippen molar-refractivity contribution in [3.05, 3.63) is 60.2 Å². The molecule has 1 saturated carbocycles. The normalized spacial score (nSPS) is 29.5. The molecule has 3 fully saturated rings. The van der Waals surface area contributed by atoms with Gasteiger partial charge in [-0.1, -0.05) is 62.2 Å². The van der Waals surface area contributed by atoms with E-state index in [1.54, 1.807) is 14.0 Å². The Balaban J connectivity index is 1.48. The van der Waals surface area contributed by atoms with Crippen molar-refractivity contribution in [1.82, 2.24) is 9.80 Å². The highest BCUT2D eigenvalue weighted by molar-refractivity contribution is 5.80. The van der Waals surface area contributed by atoms with Crippen LogP contribution in [-0.2, 0) is 16.0 Å². The third kappa shape index (κ3) is 4.17. The number of benzene rings is 2. The van der Waals surface area contributed by atoms with Crippen molar-refractivity contribution < 1.29 is 19.1 Å². The van der Waals surface area contributed by atoms with Crippen molar-refractivity contribution in [2.24, 2.45) is 5.41 Å². The Morgan fingerprint density at radius 1 is 0.943 bits per heavy atom. The van der Waals surface area contributed by atoms with E-state index in [0.717, 1.165) is 38.5 Å². The van der Waals surface area contributed by atoms with Gasteiger partial charge in [-0.05, 0) is 43.4 Å². The van der Waals surface area contributed by atoms with Crippen LogP contribution in [0.5, 0.6) is 11.5 Å². The fourth-order valence-corrected chi connectivity index (χ4v) is 7.11. The SMILES string of the molecule is COc1ccccc1OCC(=O)N1[C@H]2CCCC[C@H]3N(C(C)=O)[C@@H](Cc4ccccc4)[C@@H]1C[C@@]23C. The van der Waals surface area contributed by atoms with Crippen molar-refractivity contribution >= 4 is 11.8 Å². The predicted octanol–water partition coefficient (Wildman–Crippen LogP) is 4.47. The summed E-state index contributed by atoms with van der Waals surface area (Å²) in [5, 5.41) is 0. The second kappa shape index (κ2) is 9.56. The van der Waals surface area contributed by atoms with Crippen molar-refractivity contribution in [3.8, 4) is 11.5 Å². The maximum absolute atomic E-state index is 13.8. The van der Waals surface area contributed by atoms with E-state index < -0.39 is 0 Å². The van der Waals surface area contributed by atoms with Gasteiger partial charge in [-0.3, -0.25) is 9.59 Å². The highest BCUT2D eigenvalue weighted by Crippen LogP contribution is 2.55. The van der Waals surface area contributed by atoms with Gasteiger partial charge in [0.2, 0.25) is 5.91 Å². The van der Waals surface area contributed by atoms with Crippen LogP contribution < -0.4 is 9.47 Å². The van der Waals surface area contributed by atoms with Gasteiger partial charge < -0.3 is 19.3 Å². The highest BCUT2D eigenvalue weighted by Gasteiger charge is 2.63. The number of ether oxygens (including phenoxy) is 2. The molecule has 0 N–H and O–H groups in total. The number of methoxy groups -OCH3 is 1. The van der Waals surface area contributed by atoms with Gasteiger partial charge >= 0.3 is 0 Å². The highest BCUT2D eigenvalue weighted by atomic mass is 16.5. The summed E-state index contributed by atoms with van der Waals surface area (Å²) in [5.74, 6) is 1.30. The molecule has 2 aromatic rings. The third-order valence-electron chi connectivity index (χ3n) is 8.57. The molecular formula is C29H36N2O4. The molecule has 0 unspecified atom stereocenters. The molecule has 5 atom stereocenters. The summed E-state index contributed by atoms with van der Waals surface area (Å²) in [7, 11) is 1.60. The monoisotopic (exact) mass is 476 g/mol. The molecule has 186 valence electrons. The molecule has 6 nitrogen and oxygen atoms in total. The predicted molar refractivity (Wildman–Crippen MR) is 134 cm³/mol. The minimum atomic E-state index is -0.0971. The van der Waals surface area contributed by atoms with Gasteiger partial charge in [0.1, 0.15) is 0 Å². The Kier molecular flexibility index (Phi) is 6.47. The summed E-state index contributed by atoms with van der Waals surface area (Å²) in [6.07, 6.45) is 5.84. The summed E-state index contributed by atoms with van der Waals surface area (Å²) < 4.78 is 11.4. The summed E-state index contributed by atoms with van der Waals surface area (Å²) in [4.78, 5) is 31.2. The fraction of sp³-hybridized carbons (Fsp3) is 0.517. The van der Waals surface area contributed by atoms with Crippen LogP contribution in [0.2, 0.25) is 0 Å². The van der Waals surface area contributed by atoms with Gasteiger partial charge in [-0.2, -0.15) is 0 Å². The van der Waals surface area contributed by atoms with Gasteiger partial charge in [0.05, 0.1) is 19.2 Å². The molecule has 35 heavy (non-hydrogen) atoms. The van der Waals surface area contributed by atoms with Gasteiger partial charge in [-0.25, -0.2) is 0 Å². The van der Waals surface area contributed by atoms with Crippen LogP contribution in [-0.4, -0.2) is 59.5 Å². The average molecular weight is 477 g/mol. The molecule has 0 radical (unpaired) electrons. The number of piperidine rings is 1. The maximum atomic E-state index is 13.8. The lowest BCUT2D eigenvalue weighted by molar-refractivity contribution is -0.143. The second-order valence-electron chi connectivity index (χ2n) is 10.5. The van der Waals surface area contributed by atoms with Gasteiger partial charge in [0, 0.05) is 24.4 Å². The first kappa shape index (κ1) is 23.7. The summed E-state index contributed by atoms with van der Waals surface area (Å²) in [5.41, 5.74) is 1.10. The third-order valence-corrected chi connectivity index (χ3v) is 8.57. The smallest absolute Gasteiger partial charge is 0.261 e. The van der Waals surface area contributed by atoms with Crippen molar-refractivity contribution in [2.45, 2.75) is 76.5 Å². The minimum absolute atomic E-state index is 0.00116. The first-order valence-corrected chi connectivity index (χ1v) is 12.8. The van der Waals surface area contributed by atoms with E-state index in [1.807, 2.05) is 42.5 Å². The first-order valence-electron chi connectivity index (χ1n) is 12.8. The van der Waals surface area contributed by atoms with Crippen molar-refractivity contribution in [1.29, 1.82) is 0 Å². The lowest BCUT2D eigenvalue weighted by Gasteiger charge is -2.50. The van der Waals surface area contributed by atoms with Crippen LogP contribution in [0.25, 0.3) is 0 Å². The number of nitrogens with zero attached hydrogens (tertiary/aromatic N) is 2. The number of hydrogen-bond donors (Lipinski definition) is 0. The molecule has 2 aromatic carbocycles. The number of fused-ring (bicyclic) bond motifs is 1. The molecule has 3 aliphatic rings. The Hall–Kier alpha value is -3.02. The first-order chi connectivity index (χ1) is 16.9. The number of hydrogen-bond acceptors (Lipinski definition) is 4. The zero-order valence-electron chi connectivity index (χ0n) is 21.0. The molecule has 1 aliphatic carbocycles. The number of para-hydroxylation sites is 2. The minimum Gasteiger partial charge on any atom is -0.493 e. The van der Waals surface area contributed by atoms with E-state index >= 15 is 0 Å². The number of likely N-dealkylation sites (tertiary alicyclic amines) is 2. The summed E-state index contributed by atoms with van der Waals surface area (Å²) in [6, 6.07) is 18.0.